The third-order valence-electron chi connectivity index (χ3n) is 0.697. The number of ether oxygens (including phenoxy) is 1. The molecule has 2 N–H and O–H groups in total. The normalized spacial score (nSPS) is 21.0. The van der Waals surface area contributed by atoms with E-state index < -0.39 is 5.79 Å². The van der Waals surface area contributed by atoms with Crippen LogP contribution in [0.3, 0.4) is 0 Å². The van der Waals surface area contributed by atoms with Gasteiger partial charge < -0.3 is 14.9 Å². The van der Waals surface area contributed by atoms with Crippen molar-refractivity contribution in [1.29, 1.82) is 0 Å². The molecule has 0 unspecified atom stereocenters. The van der Waals surface area contributed by atoms with Gasteiger partial charge in [-0.2, -0.15) is 0 Å². The zero-order valence-electron chi connectivity index (χ0n) is 5.22. The Bertz CT molecular complexity index is 54.7. The van der Waals surface area contributed by atoms with Gasteiger partial charge >= 0.3 is 0 Å². The lowest BCUT2D eigenvalue weighted by Crippen LogP contribution is -2.00. The van der Waals surface area contributed by atoms with Crippen LogP contribution in [0.1, 0.15) is 12.8 Å². The first-order valence-electron chi connectivity index (χ1n) is 2.47. The van der Waals surface area contributed by atoms with Crippen LogP contribution in [0.15, 0.2) is 0 Å². The highest BCUT2D eigenvalue weighted by Crippen LogP contribution is 2.30. The second-order valence-electron chi connectivity index (χ2n) is 1.89. The molecule has 0 aromatic rings. The predicted octanol–water partition coefficient (Wildman–Crippen LogP) is -0.276. The van der Waals surface area contributed by atoms with Crippen LogP contribution in [-0.2, 0) is 4.74 Å². The number of methoxy groups -OCH3 is 1. The summed E-state index contributed by atoms with van der Waals surface area (Å²) in [6, 6.07) is 0. The fraction of sp³-hybridized carbons (Fsp3) is 1.00. The molecule has 0 amide bonds. The number of hydrogen-bond donors (Lipinski definition) is 2. The topological polar surface area (TPSA) is 49.7 Å². The van der Waals surface area contributed by atoms with Gasteiger partial charge in [0.1, 0.15) is 0 Å². The van der Waals surface area contributed by atoms with Gasteiger partial charge in [-0.15, -0.1) is 0 Å². The maximum atomic E-state index is 8.19. The number of rotatable bonds is 0. The molecule has 1 saturated carbocycles. The number of hydrogen-bond acceptors (Lipinski definition) is 3. The fourth-order valence-corrected chi connectivity index (χ4v) is 0.112. The standard InChI is InChI=1S/C3H6O2.C2H6O/c4-3(5)1-2-3;1-3-2/h4-5H,1-2H2;1-2H3. The van der Waals surface area contributed by atoms with E-state index in [4.69, 9.17) is 10.2 Å². The minimum absolute atomic E-state index is 0.562. The van der Waals surface area contributed by atoms with Crippen molar-refractivity contribution in [2.75, 3.05) is 14.2 Å². The van der Waals surface area contributed by atoms with E-state index in [0.717, 1.165) is 0 Å². The van der Waals surface area contributed by atoms with Gasteiger partial charge in [0, 0.05) is 27.1 Å². The van der Waals surface area contributed by atoms with E-state index >= 15 is 0 Å². The third kappa shape index (κ3) is 5.88. The van der Waals surface area contributed by atoms with E-state index in [1.165, 1.54) is 0 Å². The maximum absolute atomic E-state index is 8.19. The van der Waals surface area contributed by atoms with Gasteiger partial charge in [-0.25, -0.2) is 0 Å². The van der Waals surface area contributed by atoms with Crippen LogP contribution in [0.4, 0.5) is 0 Å². The molecule has 0 atom stereocenters. The van der Waals surface area contributed by atoms with Gasteiger partial charge in [-0.3, -0.25) is 0 Å². The van der Waals surface area contributed by atoms with E-state index in [2.05, 4.69) is 4.74 Å². The minimum atomic E-state index is -1.25. The smallest absolute Gasteiger partial charge is 0.162 e. The van der Waals surface area contributed by atoms with Gasteiger partial charge in [0.25, 0.3) is 0 Å². The molecule has 50 valence electrons. The highest BCUT2D eigenvalue weighted by molar-refractivity contribution is 4.79. The predicted molar refractivity (Wildman–Crippen MR) is 29.3 cm³/mol. The molecule has 0 radical (unpaired) electrons. The fourth-order valence-electron chi connectivity index (χ4n) is 0.112. The molecule has 0 bridgehead atoms. The largest absolute Gasteiger partial charge is 0.388 e. The number of aliphatic hydroxyl groups is 2. The highest BCUT2D eigenvalue weighted by atomic mass is 16.5. The van der Waals surface area contributed by atoms with Crippen molar-refractivity contribution >= 4 is 0 Å². The van der Waals surface area contributed by atoms with Crippen molar-refractivity contribution in [2.24, 2.45) is 0 Å². The first-order valence-corrected chi connectivity index (χ1v) is 2.47. The highest BCUT2D eigenvalue weighted by Gasteiger charge is 2.37. The molecule has 1 aliphatic rings. The molecule has 0 spiro atoms. The molecule has 3 heteroatoms. The van der Waals surface area contributed by atoms with Crippen molar-refractivity contribution in [1.82, 2.24) is 0 Å². The van der Waals surface area contributed by atoms with Gasteiger partial charge in [-0.05, 0) is 0 Å². The Hall–Kier alpha value is -0.120. The summed E-state index contributed by atoms with van der Waals surface area (Å²) in [7, 11) is 3.25. The van der Waals surface area contributed by atoms with Gasteiger partial charge in [-0.1, -0.05) is 0 Å². The van der Waals surface area contributed by atoms with E-state index in [1.54, 1.807) is 14.2 Å². The molecule has 0 aliphatic heterocycles. The minimum Gasteiger partial charge on any atom is -0.388 e. The molecule has 1 aliphatic carbocycles. The zero-order valence-corrected chi connectivity index (χ0v) is 5.22. The Morgan fingerprint density at radius 1 is 1.25 bits per heavy atom. The molecule has 3 nitrogen and oxygen atoms in total. The lowest BCUT2D eigenvalue weighted by molar-refractivity contribution is -0.0676. The molecule has 0 heterocycles. The molecule has 1 fully saturated rings. The van der Waals surface area contributed by atoms with Crippen LogP contribution in [-0.4, -0.2) is 30.2 Å². The van der Waals surface area contributed by atoms with Crippen LogP contribution < -0.4 is 0 Å². The van der Waals surface area contributed by atoms with E-state index in [-0.39, 0.29) is 0 Å². The van der Waals surface area contributed by atoms with Gasteiger partial charge in [0.05, 0.1) is 0 Å². The van der Waals surface area contributed by atoms with Gasteiger partial charge in [0.2, 0.25) is 0 Å². The van der Waals surface area contributed by atoms with Crippen molar-refractivity contribution < 1.29 is 14.9 Å². The van der Waals surface area contributed by atoms with Crippen LogP contribution >= 0.6 is 0 Å². The maximum Gasteiger partial charge on any atom is 0.162 e. The summed E-state index contributed by atoms with van der Waals surface area (Å²) < 4.78 is 4.25. The second kappa shape index (κ2) is 3.02. The van der Waals surface area contributed by atoms with E-state index in [9.17, 15) is 0 Å². The van der Waals surface area contributed by atoms with Crippen molar-refractivity contribution in [3.05, 3.63) is 0 Å². The summed E-state index contributed by atoms with van der Waals surface area (Å²) in [5.41, 5.74) is 0. The summed E-state index contributed by atoms with van der Waals surface area (Å²) in [6.07, 6.45) is 1.12. The third-order valence-corrected chi connectivity index (χ3v) is 0.697. The van der Waals surface area contributed by atoms with Crippen molar-refractivity contribution in [3.63, 3.8) is 0 Å². The average molecular weight is 120 g/mol. The van der Waals surface area contributed by atoms with Crippen LogP contribution in [0.2, 0.25) is 0 Å². The first-order chi connectivity index (χ1) is 3.62. The quantitative estimate of drug-likeness (QED) is 0.432. The Balaban J connectivity index is 0.000000145. The molecule has 0 saturated heterocycles. The summed E-state index contributed by atoms with van der Waals surface area (Å²) in [4.78, 5) is 0. The van der Waals surface area contributed by atoms with Crippen LogP contribution in [0.5, 0.6) is 0 Å². The molecular weight excluding hydrogens is 108 g/mol. The average Bonchev–Trinajstić information content (AvgIpc) is 2.22. The molecule has 0 aromatic carbocycles. The monoisotopic (exact) mass is 120 g/mol. The summed E-state index contributed by atoms with van der Waals surface area (Å²) in [5.74, 6) is -1.25. The second-order valence-corrected chi connectivity index (χ2v) is 1.89. The Labute approximate surface area is 48.9 Å². The molecule has 0 aromatic heterocycles. The van der Waals surface area contributed by atoms with Crippen molar-refractivity contribution in [2.45, 2.75) is 18.6 Å². The molecule has 1 rings (SSSR count). The van der Waals surface area contributed by atoms with E-state index in [0.29, 0.717) is 12.8 Å². The SMILES string of the molecule is COC.OC1(O)CC1. The molecule has 8 heavy (non-hydrogen) atoms. The Kier molecular flexibility index (Phi) is 2.97. The Morgan fingerprint density at radius 2 is 1.38 bits per heavy atom. The lowest BCUT2D eigenvalue weighted by Gasteiger charge is -1.87. The van der Waals surface area contributed by atoms with E-state index in [1.807, 2.05) is 0 Å². The van der Waals surface area contributed by atoms with Gasteiger partial charge in [0.15, 0.2) is 5.79 Å². The summed E-state index contributed by atoms with van der Waals surface area (Å²) in [6.45, 7) is 0. The van der Waals surface area contributed by atoms with Crippen molar-refractivity contribution in [3.8, 4) is 0 Å². The summed E-state index contributed by atoms with van der Waals surface area (Å²) >= 11 is 0. The molecular formula is C5H12O3. The lowest BCUT2D eigenvalue weighted by atomic mass is 10.7. The first kappa shape index (κ1) is 7.88. The Morgan fingerprint density at radius 3 is 1.38 bits per heavy atom. The van der Waals surface area contributed by atoms with Crippen LogP contribution in [0.25, 0.3) is 0 Å². The zero-order chi connectivity index (χ0) is 6.62. The summed E-state index contributed by atoms with van der Waals surface area (Å²) in [5, 5.41) is 16.4. The van der Waals surface area contributed by atoms with Crippen LogP contribution in [0, 0.1) is 0 Å².